The molecule has 2 atom stereocenters. The predicted molar refractivity (Wildman–Crippen MR) is 86.1 cm³/mol. The third-order valence-corrected chi connectivity index (χ3v) is 3.98. The van der Waals surface area contributed by atoms with Crippen LogP contribution in [0.3, 0.4) is 0 Å². The number of carbonyl (C=O) groups is 2. The molecule has 2 amide bonds. The Balaban J connectivity index is 1.73. The van der Waals surface area contributed by atoms with Gasteiger partial charge in [0.05, 0.1) is 18.8 Å². The first-order chi connectivity index (χ1) is 11.1. The Kier molecular flexibility index (Phi) is 6.55. The lowest BCUT2D eigenvalue weighted by atomic mass is 10.1. The third kappa shape index (κ3) is 5.33. The van der Waals surface area contributed by atoms with Gasteiger partial charge in [-0.1, -0.05) is 12.1 Å². The zero-order valence-electron chi connectivity index (χ0n) is 13.4. The Bertz CT molecular complexity index is 547. The highest BCUT2D eigenvalue weighted by molar-refractivity contribution is 5.94. The van der Waals surface area contributed by atoms with Gasteiger partial charge >= 0.3 is 0 Å². The Morgan fingerprint density at radius 3 is 2.78 bits per heavy atom. The number of aryl methyl sites for hydroxylation is 1. The van der Waals surface area contributed by atoms with Crippen LogP contribution < -0.4 is 10.6 Å². The van der Waals surface area contributed by atoms with Crippen molar-refractivity contribution >= 4 is 11.8 Å². The molecule has 0 saturated carbocycles. The number of ether oxygens (including phenoxy) is 1. The maximum atomic E-state index is 11.9. The fourth-order valence-electron chi connectivity index (χ4n) is 2.65. The highest BCUT2D eigenvalue weighted by Crippen LogP contribution is 2.18. The van der Waals surface area contributed by atoms with E-state index in [4.69, 9.17) is 9.84 Å². The lowest BCUT2D eigenvalue weighted by Crippen LogP contribution is -2.32. The lowest BCUT2D eigenvalue weighted by Gasteiger charge is -2.13. The average Bonchev–Trinajstić information content (AvgIpc) is 3.05. The number of carbonyl (C=O) groups excluding carboxylic acids is 2. The summed E-state index contributed by atoms with van der Waals surface area (Å²) >= 11 is 0. The van der Waals surface area contributed by atoms with E-state index in [9.17, 15) is 9.59 Å². The van der Waals surface area contributed by atoms with Gasteiger partial charge in [0.25, 0.3) is 5.91 Å². The van der Waals surface area contributed by atoms with E-state index in [0.717, 1.165) is 18.4 Å². The molecule has 0 radical (unpaired) electrons. The predicted octanol–water partition coefficient (Wildman–Crippen LogP) is 0.635. The fraction of sp³-hybridized carbons (Fsp3) is 0.529. The summed E-state index contributed by atoms with van der Waals surface area (Å²) < 4.78 is 5.57. The molecule has 1 saturated heterocycles. The molecular weight excluding hydrogens is 296 g/mol. The largest absolute Gasteiger partial charge is 0.394 e. The number of hydrogen-bond donors (Lipinski definition) is 3. The SMILES string of the molecule is CNC(=O)c1cccc(CCC(=O)NC[C@H]2CC[C@@H](CO)O2)c1. The van der Waals surface area contributed by atoms with Gasteiger partial charge in [0, 0.05) is 25.6 Å². The smallest absolute Gasteiger partial charge is 0.251 e. The normalized spacial score (nSPS) is 20.3. The van der Waals surface area contributed by atoms with Crippen molar-refractivity contribution in [3.8, 4) is 0 Å². The lowest BCUT2D eigenvalue weighted by molar-refractivity contribution is -0.121. The van der Waals surface area contributed by atoms with E-state index >= 15 is 0 Å². The van der Waals surface area contributed by atoms with Crippen molar-refractivity contribution in [1.29, 1.82) is 0 Å². The van der Waals surface area contributed by atoms with Crippen molar-refractivity contribution in [1.82, 2.24) is 10.6 Å². The van der Waals surface area contributed by atoms with Gasteiger partial charge in [0.2, 0.25) is 5.91 Å². The molecule has 1 aliphatic heterocycles. The van der Waals surface area contributed by atoms with Gasteiger partial charge in [-0.25, -0.2) is 0 Å². The van der Waals surface area contributed by atoms with Crippen molar-refractivity contribution in [2.24, 2.45) is 0 Å². The molecule has 3 N–H and O–H groups in total. The number of aliphatic hydroxyl groups is 1. The minimum absolute atomic E-state index is 0.00678. The third-order valence-electron chi connectivity index (χ3n) is 3.98. The molecule has 0 aromatic heterocycles. The fourth-order valence-corrected chi connectivity index (χ4v) is 2.65. The van der Waals surface area contributed by atoms with Gasteiger partial charge in [-0.15, -0.1) is 0 Å². The summed E-state index contributed by atoms with van der Waals surface area (Å²) in [5.74, 6) is -0.167. The summed E-state index contributed by atoms with van der Waals surface area (Å²) in [4.78, 5) is 23.5. The second-order valence-electron chi connectivity index (χ2n) is 5.72. The highest BCUT2D eigenvalue weighted by atomic mass is 16.5. The molecule has 0 unspecified atom stereocenters. The number of nitrogens with one attached hydrogen (secondary N) is 2. The van der Waals surface area contributed by atoms with E-state index in [1.807, 2.05) is 12.1 Å². The van der Waals surface area contributed by atoms with Crippen LogP contribution >= 0.6 is 0 Å². The van der Waals surface area contributed by atoms with Crippen LogP contribution in [-0.4, -0.2) is 49.3 Å². The van der Waals surface area contributed by atoms with E-state index in [1.165, 1.54) is 0 Å². The van der Waals surface area contributed by atoms with Crippen molar-refractivity contribution < 1.29 is 19.4 Å². The molecule has 1 aromatic carbocycles. The van der Waals surface area contributed by atoms with E-state index in [1.54, 1.807) is 19.2 Å². The number of hydrogen-bond acceptors (Lipinski definition) is 4. The van der Waals surface area contributed by atoms with Crippen LogP contribution in [0.15, 0.2) is 24.3 Å². The molecule has 6 nitrogen and oxygen atoms in total. The molecule has 0 spiro atoms. The molecular formula is C17H24N2O4. The molecule has 2 rings (SSSR count). The molecule has 126 valence electrons. The van der Waals surface area contributed by atoms with E-state index in [2.05, 4.69) is 10.6 Å². The molecule has 1 aliphatic rings. The minimum Gasteiger partial charge on any atom is -0.394 e. The maximum Gasteiger partial charge on any atom is 0.251 e. The number of rotatable bonds is 7. The molecule has 0 aliphatic carbocycles. The Morgan fingerprint density at radius 2 is 2.09 bits per heavy atom. The van der Waals surface area contributed by atoms with Gasteiger partial charge in [-0.2, -0.15) is 0 Å². The topological polar surface area (TPSA) is 87.7 Å². The molecule has 1 aromatic rings. The van der Waals surface area contributed by atoms with Crippen LogP contribution in [-0.2, 0) is 16.0 Å². The standard InChI is InChI=1S/C17H24N2O4/c1-18-17(22)13-4-2-3-12(9-13)5-8-16(21)19-10-14-6-7-15(11-20)23-14/h2-4,9,14-15,20H,5-8,10-11H2,1H3,(H,18,22)(H,19,21)/t14-,15+/m1/s1. The molecule has 1 fully saturated rings. The van der Waals surface area contributed by atoms with Crippen LogP contribution in [0.5, 0.6) is 0 Å². The zero-order chi connectivity index (χ0) is 16.7. The van der Waals surface area contributed by atoms with Gasteiger partial charge in [0.1, 0.15) is 0 Å². The summed E-state index contributed by atoms with van der Waals surface area (Å²) in [5.41, 5.74) is 1.55. The average molecular weight is 320 g/mol. The van der Waals surface area contributed by atoms with Crippen molar-refractivity contribution in [3.63, 3.8) is 0 Å². The second-order valence-corrected chi connectivity index (χ2v) is 5.72. The van der Waals surface area contributed by atoms with Gasteiger partial charge < -0.3 is 20.5 Å². The summed E-state index contributed by atoms with van der Waals surface area (Å²) in [5, 5.41) is 14.5. The highest BCUT2D eigenvalue weighted by Gasteiger charge is 2.24. The molecule has 6 heteroatoms. The quantitative estimate of drug-likeness (QED) is 0.688. The van der Waals surface area contributed by atoms with Crippen LogP contribution in [0.25, 0.3) is 0 Å². The van der Waals surface area contributed by atoms with Crippen molar-refractivity contribution in [2.75, 3.05) is 20.2 Å². The van der Waals surface area contributed by atoms with Gasteiger partial charge in [-0.3, -0.25) is 9.59 Å². The molecule has 1 heterocycles. The Labute approximate surface area is 136 Å². The minimum atomic E-state index is -0.131. The van der Waals surface area contributed by atoms with Gasteiger partial charge in [-0.05, 0) is 37.0 Å². The monoisotopic (exact) mass is 320 g/mol. The first-order valence-corrected chi connectivity index (χ1v) is 7.96. The summed E-state index contributed by atoms with van der Waals surface area (Å²) in [7, 11) is 1.59. The van der Waals surface area contributed by atoms with Crippen molar-refractivity contribution in [3.05, 3.63) is 35.4 Å². The van der Waals surface area contributed by atoms with E-state index in [0.29, 0.717) is 24.9 Å². The second kappa shape index (κ2) is 8.64. The number of benzene rings is 1. The molecule has 23 heavy (non-hydrogen) atoms. The van der Waals surface area contributed by atoms with Crippen LogP contribution in [0.1, 0.15) is 35.2 Å². The van der Waals surface area contributed by atoms with Crippen molar-refractivity contribution in [2.45, 2.75) is 37.9 Å². The van der Waals surface area contributed by atoms with Gasteiger partial charge in [0.15, 0.2) is 0 Å². The number of amides is 2. The Morgan fingerprint density at radius 1 is 1.30 bits per heavy atom. The number of aliphatic hydroxyl groups excluding tert-OH is 1. The van der Waals surface area contributed by atoms with Crippen LogP contribution in [0, 0.1) is 0 Å². The summed E-state index contributed by atoms with van der Waals surface area (Å²) in [6.07, 6.45) is 2.55. The van der Waals surface area contributed by atoms with E-state index in [-0.39, 0.29) is 30.6 Å². The van der Waals surface area contributed by atoms with Crippen LogP contribution in [0.4, 0.5) is 0 Å². The maximum absolute atomic E-state index is 11.9. The first kappa shape index (κ1) is 17.4. The molecule has 0 bridgehead atoms. The first-order valence-electron chi connectivity index (χ1n) is 7.96. The summed E-state index contributed by atoms with van der Waals surface area (Å²) in [6, 6.07) is 7.28. The van der Waals surface area contributed by atoms with Crippen LogP contribution in [0.2, 0.25) is 0 Å². The summed E-state index contributed by atoms with van der Waals surface area (Å²) in [6.45, 7) is 0.514. The van der Waals surface area contributed by atoms with E-state index < -0.39 is 0 Å². The zero-order valence-corrected chi connectivity index (χ0v) is 13.4. The Hall–Kier alpha value is -1.92.